The molecule has 0 aliphatic heterocycles. The van der Waals surface area contributed by atoms with E-state index in [0.717, 1.165) is 5.69 Å². The van der Waals surface area contributed by atoms with Gasteiger partial charge in [0.25, 0.3) is 0 Å². The van der Waals surface area contributed by atoms with Crippen molar-refractivity contribution in [2.24, 2.45) is 0 Å². The fraction of sp³-hybridized carbons (Fsp3) is 0.462. The third-order valence-electron chi connectivity index (χ3n) is 2.41. The molecule has 1 amide bonds. The van der Waals surface area contributed by atoms with Crippen molar-refractivity contribution in [2.75, 3.05) is 11.9 Å². The summed E-state index contributed by atoms with van der Waals surface area (Å²) < 4.78 is -0.528. The Labute approximate surface area is 106 Å². The van der Waals surface area contributed by atoms with Crippen LogP contribution in [-0.4, -0.2) is 17.3 Å². The minimum Gasteiger partial charge on any atom is -0.314 e. The highest BCUT2D eigenvalue weighted by Crippen LogP contribution is 2.24. The molecule has 0 saturated heterocycles. The van der Waals surface area contributed by atoms with Crippen molar-refractivity contribution in [3.63, 3.8) is 0 Å². The van der Waals surface area contributed by atoms with Gasteiger partial charge in [0.1, 0.15) is 0 Å². The maximum Gasteiger partial charge on any atom is 0.243 e. The lowest BCUT2D eigenvalue weighted by atomic mass is 10.1. The molecule has 0 saturated carbocycles. The molecule has 2 nitrogen and oxygen atoms in total. The third kappa shape index (κ3) is 3.08. The van der Waals surface area contributed by atoms with E-state index in [4.69, 9.17) is 0 Å². The number of rotatable bonds is 2. The third-order valence-corrected chi connectivity index (χ3v) is 2.75. The minimum absolute atomic E-state index is 0.0532. The molecule has 0 aliphatic carbocycles. The molecular formula is C13H18BrNO. The fourth-order valence-electron chi connectivity index (χ4n) is 1.66. The molecule has 1 aromatic rings. The topological polar surface area (TPSA) is 20.3 Å². The molecule has 0 radical (unpaired) electrons. The Morgan fingerprint density at radius 1 is 1.19 bits per heavy atom. The number of hydrogen-bond acceptors (Lipinski definition) is 1. The Bertz CT molecular complexity index is 387. The number of amides is 1. The van der Waals surface area contributed by atoms with Crippen molar-refractivity contribution in [1.82, 2.24) is 0 Å². The van der Waals surface area contributed by atoms with Crippen LogP contribution in [0.3, 0.4) is 0 Å². The van der Waals surface area contributed by atoms with Crippen molar-refractivity contribution in [1.29, 1.82) is 0 Å². The van der Waals surface area contributed by atoms with Crippen LogP contribution in [0.1, 0.15) is 25.0 Å². The Kier molecular flexibility index (Phi) is 3.79. The van der Waals surface area contributed by atoms with Gasteiger partial charge < -0.3 is 4.90 Å². The monoisotopic (exact) mass is 283 g/mol. The zero-order valence-electron chi connectivity index (χ0n) is 10.5. The summed E-state index contributed by atoms with van der Waals surface area (Å²) in [5.41, 5.74) is 3.28. The standard InChI is InChI=1S/C13H18BrNO/c1-9-6-10(2)8-11(7-9)15(5)12(16)13(3,4)14/h6-8H,1-5H3. The van der Waals surface area contributed by atoms with E-state index < -0.39 is 4.32 Å². The van der Waals surface area contributed by atoms with E-state index in [0.29, 0.717) is 0 Å². The highest BCUT2D eigenvalue weighted by Gasteiger charge is 2.27. The van der Waals surface area contributed by atoms with Crippen molar-refractivity contribution in [3.05, 3.63) is 29.3 Å². The van der Waals surface area contributed by atoms with Crippen LogP contribution in [0.15, 0.2) is 18.2 Å². The molecule has 0 atom stereocenters. The van der Waals surface area contributed by atoms with Crippen molar-refractivity contribution in [2.45, 2.75) is 32.0 Å². The van der Waals surface area contributed by atoms with Crippen molar-refractivity contribution >= 4 is 27.5 Å². The summed E-state index contributed by atoms with van der Waals surface area (Å²) in [5.74, 6) is 0.0532. The summed E-state index contributed by atoms with van der Waals surface area (Å²) in [4.78, 5) is 13.8. The average molecular weight is 284 g/mol. The van der Waals surface area contributed by atoms with Gasteiger partial charge >= 0.3 is 0 Å². The van der Waals surface area contributed by atoms with Crippen molar-refractivity contribution < 1.29 is 4.79 Å². The van der Waals surface area contributed by atoms with Crippen molar-refractivity contribution in [3.8, 4) is 0 Å². The second-order valence-corrected chi connectivity index (χ2v) is 6.67. The highest BCUT2D eigenvalue weighted by molar-refractivity contribution is 9.10. The highest BCUT2D eigenvalue weighted by atomic mass is 79.9. The van der Waals surface area contributed by atoms with Crippen LogP contribution in [-0.2, 0) is 4.79 Å². The second kappa shape index (κ2) is 4.58. The van der Waals surface area contributed by atoms with E-state index in [1.807, 2.05) is 39.8 Å². The SMILES string of the molecule is Cc1cc(C)cc(N(C)C(=O)C(C)(C)Br)c1. The number of carbonyl (C=O) groups excluding carboxylic acids is 1. The number of aryl methyl sites for hydroxylation is 2. The molecule has 0 unspecified atom stereocenters. The predicted octanol–water partition coefficient (Wildman–Crippen LogP) is 3.44. The van der Waals surface area contributed by atoms with E-state index in [-0.39, 0.29) is 5.91 Å². The number of hydrogen-bond donors (Lipinski definition) is 0. The number of carbonyl (C=O) groups is 1. The van der Waals surface area contributed by atoms with Gasteiger partial charge in [0, 0.05) is 12.7 Å². The Balaban J connectivity index is 3.05. The molecule has 88 valence electrons. The van der Waals surface area contributed by atoms with E-state index in [2.05, 4.69) is 22.0 Å². The normalized spacial score (nSPS) is 11.4. The molecule has 0 aliphatic rings. The van der Waals surface area contributed by atoms with Crippen LogP contribution in [0.4, 0.5) is 5.69 Å². The van der Waals surface area contributed by atoms with Gasteiger partial charge in [-0.05, 0) is 51.0 Å². The maximum absolute atomic E-state index is 12.1. The lowest BCUT2D eigenvalue weighted by molar-refractivity contribution is -0.119. The lowest BCUT2D eigenvalue weighted by Crippen LogP contribution is -2.39. The number of anilines is 1. The first-order chi connectivity index (χ1) is 7.21. The van der Waals surface area contributed by atoms with Crippen LogP contribution < -0.4 is 4.90 Å². The van der Waals surface area contributed by atoms with Gasteiger partial charge in [0.2, 0.25) is 5.91 Å². The molecule has 0 heterocycles. The zero-order valence-corrected chi connectivity index (χ0v) is 12.1. The van der Waals surface area contributed by atoms with Gasteiger partial charge in [-0.2, -0.15) is 0 Å². The number of alkyl halides is 1. The minimum atomic E-state index is -0.528. The first-order valence-corrected chi connectivity index (χ1v) is 6.06. The first kappa shape index (κ1) is 13.2. The van der Waals surface area contributed by atoms with Gasteiger partial charge in [-0.25, -0.2) is 0 Å². The molecule has 0 aromatic heterocycles. The van der Waals surface area contributed by atoms with Gasteiger partial charge in [-0.15, -0.1) is 0 Å². The summed E-state index contributed by atoms with van der Waals surface area (Å²) in [6.45, 7) is 7.78. The Hall–Kier alpha value is -0.830. The summed E-state index contributed by atoms with van der Waals surface area (Å²) in [6, 6.07) is 6.13. The lowest BCUT2D eigenvalue weighted by Gasteiger charge is -2.25. The summed E-state index contributed by atoms with van der Waals surface area (Å²) in [7, 11) is 1.81. The average Bonchev–Trinajstić information content (AvgIpc) is 2.12. The molecular weight excluding hydrogens is 266 g/mol. The molecule has 16 heavy (non-hydrogen) atoms. The summed E-state index contributed by atoms with van der Waals surface area (Å²) in [6.07, 6.45) is 0. The first-order valence-electron chi connectivity index (χ1n) is 5.27. The molecule has 0 spiro atoms. The van der Waals surface area contributed by atoms with Crippen LogP contribution in [0.2, 0.25) is 0 Å². The summed E-state index contributed by atoms with van der Waals surface area (Å²) >= 11 is 3.39. The van der Waals surface area contributed by atoms with Gasteiger partial charge in [-0.1, -0.05) is 22.0 Å². The van der Waals surface area contributed by atoms with Crippen LogP contribution >= 0.6 is 15.9 Å². The predicted molar refractivity (Wildman–Crippen MR) is 72.3 cm³/mol. The van der Waals surface area contributed by atoms with Gasteiger partial charge in [-0.3, -0.25) is 4.79 Å². The van der Waals surface area contributed by atoms with E-state index in [1.54, 1.807) is 11.9 Å². The molecule has 1 aromatic carbocycles. The van der Waals surface area contributed by atoms with Crippen LogP contribution in [0, 0.1) is 13.8 Å². The van der Waals surface area contributed by atoms with E-state index in [1.165, 1.54) is 11.1 Å². The quantitative estimate of drug-likeness (QED) is 0.762. The van der Waals surface area contributed by atoms with E-state index in [9.17, 15) is 4.79 Å². The fourth-order valence-corrected chi connectivity index (χ4v) is 1.93. The van der Waals surface area contributed by atoms with Crippen LogP contribution in [0.25, 0.3) is 0 Å². The zero-order chi connectivity index (χ0) is 12.5. The molecule has 0 bridgehead atoms. The smallest absolute Gasteiger partial charge is 0.243 e. The summed E-state index contributed by atoms with van der Waals surface area (Å²) in [5, 5.41) is 0. The maximum atomic E-state index is 12.1. The Morgan fingerprint density at radius 3 is 2.00 bits per heavy atom. The number of halogens is 1. The largest absolute Gasteiger partial charge is 0.314 e. The second-order valence-electron chi connectivity index (χ2n) is 4.68. The van der Waals surface area contributed by atoms with Gasteiger partial charge in [0.05, 0.1) is 4.32 Å². The number of benzene rings is 1. The molecule has 0 N–H and O–H groups in total. The Morgan fingerprint density at radius 2 is 1.62 bits per heavy atom. The van der Waals surface area contributed by atoms with E-state index >= 15 is 0 Å². The molecule has 3 heteroatoms. The molecule has 1 rings (SSSR count). The van der Waals surface area contributed by atoms with Gasteiger partial charge in [0.15, 0.2) is 0 Å². The molecule has 0 fully saturated rings. The number of nitrogens with zero attached hydrogens (tertiary/aromatic N) is 1. The van der Waals surface area contributed by atoms with Crippen LogP contribution in [0.5, 0.6) is 0 Å².